The fraction of sp³-hybridized carbons (Fsp3) is 1.00. The smallest absolute Gasteiger partial charge is 0.0895 e. The zero-order valence-electron chi connectivity index (χ0n) is 5.87. The molecule has 0 amide bonds. The normalized spacial score (nSPS) is 53.5. The summed E-state index contributed by atoms with van der Waals surface area (Å²) >= 11 is 6.99. The van der Waals surface area contributed by atoms with Gasteiger partial charge in [0.05, 0.1) is 15.4 Å². The second-order valence-corrected chi connectivity index (χ2v) is 7.13. The first-order chi connectivity index (χ1) is 5.05. The van der Waals surface area contributed by atoms with Crippen molar-refractivity contribution in [1.29, 1.82) is 0 Å². The van der Waals surface area contributed by atoms with E-state index in [2.05, 4.69) is 31.9 Å². The molecular formula is C7H10Br2O2. The van der Waals surface area contributed by atoms with E-state index in [4.69, 9.17) is 0 Å². The number of fused-ring (bicyclic) bond motifs is 1. The summed E-state index contributed by atoms with van der Waals surface area (Å²) in [6.45, 7) is 0. The molecule has 11 heavy (non-hydrogen) atoms. The predicted octanol–water partition coefficient (Wildman–Crippen LogP) is 1.23. The molecule has 2 N–H and O–H groups in total. The largest absolute Gasteiger partial charge is 0.390 e. The Kier molecular flexibility index (Phi) is 1.88. The highest BCUT2D eigenvalue weighted by molar-refractivity contribution is 9.25. The SMILES string of the molecule is O[C@@H]1[C@@H]2[C@H](CC[C@@H]1O)C2(Br)Br. The Hall–Kier alpha value is 0.880. The number of aliphatic hydroxyl groups is 2. The molecule has 0 spiro atoms. The maximum Gasteiger partial charge on any atom is 0.0895 e. The van der Waals surface area contributed by atoms with Crippen LogP contribution in [-0.2, 0) is 0 Å². The molecule has 0 heterocycles. The van der Waals surface area contributed by atoms with E-state index in [1.807, 2.05) is 0 Å². The molecule has 4 atom stereocenters. The van der Waals surface area contributed by atoms with Crippen LogP contribution in [0.1, 0.15) is 12.8 Å². The van der Waals surface area contributed by atoms with E-state index in [0.29, 0.717) is 5.92 Å². The Morgan fingerprint density at radius 2 is 1.82 bits per heavy atom. The molecule has 0 aromatic rings. The van der Waals surface area contributed by atoms with E-state index in [1.54, 1.807) is 0 Å². The lowest BCUT2D eigenvalue weighted by molar-refractivity contribution is -0.0173. The molecule has 2 aliphatic rings. The zero-order chi connectivity index (χ0) is 8.22. The van der Waals surface area contributed by atoms with Crippen LogP contribution in [0.4, 0.5) is 0 Å². The fourth-order valence-electron chi connectivity index (χ4n) is 2.01. The number of halogens is 2. The van der Waals surface area contributed by atoms with Crippen LogP contribution in [0.2, 0.25) is 0 Å². The Labute approximate surface area is 82.2 Å². The van der Waals surface area contributed by atoms with Gasteiger partial charge in [0.2, 0.25) is 0 Å². The van der Waals surface area contributed by atoms with Crippen molar-refractivity contribution in [2.24, 2.45) is 11.8 Å². The molecule has 64 valence electrons. The third-order valence-electron chi connectivity index (χ3n) is 2.80. The second-order valence-electron chi connectivity index (χ2n) is 3.44. The van der Waals surface area contributed by atoms with Gasteiger partial charge in [0.1, 0.15) is 0 Å². The molecule has 0 bridgehead atoms. The highest BCUT2D eigenvalue weighted by Crippen LogP contribution is 2.67. The Balaban J connectivity index is 2.12. The summed E-state index contributed by atoms with van der Waals surface area (Å²) in [4.78, 5) is 0. The van der Waals surface area contributed by atoms with Crippen LogP contribution in [0.25, 0.3) is 0 Å². The molecule has 2 rings (SSSR count). The van der Waals surface area contributed by atoms with E-state index in [9.17, 15) is 10.2 Å². The van der Waals surface area contributed by atoms with Gasteiger partial charge >= 0.3 is 0 Å². The highest BCUT2D eigenvalue weighted by Gasteiger charge is 2.67. The van der Waals surface area contributed by atoms with Crippen LogP contribution in [0.15, 0.2) is 0 Å². The van der Waals surface area contributed by atoms with E-state index in [-0.39, 0.29) is 9.15 Å². The summed E-state index contributed by atoms with van der Waals surface area (Å²) in [6.07, 6.45) is 0.654. The maximum absolute atomic E-state index is 9.51. The van der Waals surface area contributed by atoms with Crippen LogP contribution < -0.4 is 0 Å². The van der Waals surface area contributed by atoms with Crippen molar-refractivity contribution in [1.82, 2.24) is 0 Å². The lowest BCUT2D eigenvalue weighted by Gasteiger charge is -2.21. The Morgan fingerprint density at radius 3 is 2.36 bits per heavy atom. The third-order valence-corrected chi connectivity index (χ3v) is 5.03. The summed E-state index contributed by atoms with van der Waals surface area (Å²) < 4.78 is -0.0864. The van der Waals surface area contributed by atoms with Gasteiger partial charge in [-0.1, -0.05) is 31.9 Å². The molecule has 0 aromatic carbocycles. The highest BCUT2D eigenvalue weighted by atomic mass is 79.9. The Morgan fingerprint density at radius 1 is 1.18 bits per heavy atom. The lowest BCUT2D eigenvalue weighted by Crippen LogP contribution is -2.32. The molecule has 0 radical (unpaired) electrons. The standard InChI is InChI=1S/C7H10Br2O2/c8-7(9)3-1-2-4(10)6(11)5(3)7/h3-6,10-11H,1-2H2/t3-,4-,5-,6-/m0/s1. The van der Waals surface area contributed by atoms with Gasteiger partial charge in [-0.05, 0) is 18.8 Å². The van der Waals surface area contributed by atoms with Crippen molar-refractivity contribution < 1.29 is 10.2 Å². The van der Waals surface area contributed by atoms with Crippen LogP contribution in [0, 0.1) is 11.8 Å². The van der Waals surface area contributed by atoms with E-state index in [0.717, 1.165) is 12.8 Å². The molecule has 4 heteroatoms. The van der Waals surface area contributed by atoms with Gasteiger partial charge in [-0.15, -0.1) is 0 Å². The van der Waals surface area contributed by atoms with E-state index < -0.39 is 12.2 Å². The fourth-order valence-corrected chi connectivity index (χ4v) is 3.96. The van der Waals surface area contributed by atoms with Gasteiger partial charge in [0, 0.05) is 5.92 Å². The molecular weight excluding hydrogens is 276 g/mol. The molecule has 0 unspecified atom stereocenters. The lowest BCUT2D eigenvalue weighted by atomic mass is 9.95. The van der Waals surface area contributed by atoms with E-state index >= 15 is 0 Å². The molecule has 0 saturated heterocycles. The number of rotatable bonds is 0. The van der Waals surface area contributed by atoms with Gasteiger partial charge in [0.15, 0.2) is 0 Å². The summed E-state index contributed by atoms with van der Waals surface area (Å²) in [5.41, 5.74) is 0. The van der Waals surface area contributed by atoms with Crippen LogP contribution in [-0.4, -0.2) is 25.7 Å². The minimum Gasteiger partial charge on any atom is -0.390 e. The minimum absolute atomic E-state index is 0.0864. The maximum atomic E-state index is 9.51. The summed E-state index contributed by atoms with van der Waals surface area (Å²) in [7, 11) is 0. The predicted molar refractivity (Wildman–Crippen MR) is 48.8 cm³/mol. The quantitative estimate of drug-likeness (QED) is 0.658. The average Bonchev–Trinajstić information content (AvgIpc) is 2.46. The van der Waals surface area contributed by atoms with Crippen molar-refractivity contribution >= 4 is 31.9 Å². The van der Waals surface area contributed by atoms with Gasteiger partial charge in [-0.3, -0.25) is 0 Å². The van der Waals surface area contributed by atoms with Gasteiger partial charge in [-0.25, -0.2) is 0 Å². The van der Waals surface area contributed by atoms with Gasteiger partial charge in [0.25, 0.3) is 0 Å². The van der Waals surface area contributed by atoms with Crippen molar-refractivity contribution in [2.75, 3.05) is 0 Å². The first-order valence-electron chi connectivity index (χ1n) is 3.79. The number of hydrogen-bond acceptors (Lipinski definition) is 2. The van der Waals surface area contributed by atoms with Crippen molar-refractivity contribution in [3.05, 3.63) is 0 Å². The first-order valence-corrected chi connectivity index (χ1v) is 5.37. The average molecular weight is 286 g/mol. The molecule has 2 aliphatic carbocycles. The van der Waals surface area contributed by atoms with Gasteiger partial charge < -0.3 is 10.2 Å². The topological polar surface area (TPSA) is 40.5 Å². The monoisotopic (exact) mass is 284 g/mol. The minimum atomic E-state index is -0.549. The molecule has 0 aromatic heterocycles. The van der Waals surface area contributed by atoms with Gasteiger partial charge in [-0.2, -0.15) is 0 Å². The van der Waals surface area contributed by atoms with E-state index in [1.165, 1.54) is 0 Å². The summed E-state index contributed by atoms with van der Waals surface area (Å²) in [6, 6.07) is 0. The van der Waals surface area contributed by atoms with Crippen molar-refractivity contribution in [2.45, 2.75) is 28.3 Å². The van der Waals surface area contributed by atoms with Crippen molar-refractivity contribution in [3.63, 3.8) is 0 Å². The summed E-state index contributed by atoms with van der Waals surface area (Å²) in [5.74, 6) is 0.701. The van der Waals surface area contributed by atoms with Crippen molar-refractivity contribution in [3.8, 4) is 0 Å². The van der Waals surface area contributed by atoms with Crippen LogP contribution in [0.5, 0.6) is 0 Å². The molecule has 2 saturated carbocycles. The molecule has 2 fully saturated rings. The Bertz CT molecular complexity index is 183. The van der Waals surface area contributed by atoms with Crippen LogP contribution in [0.3, 0.4) is 0 Å². The third kappa shape index (κ3) is 1.10. The zero-order valence-corrected chi connectivity index (χ0v) is 9.05. The first kappa shape index (κ1) is 8.48. The number of aliphatic hydroxyl groups excluding tert-OH is 2. The summed E-state index contributed by atoms with van der Waals surface area (Å²) in [5, 5.41) is 18.8. The molecule has 2 nitrogen and oxygen atoms in total. The second kappa shape index (κ2) is 2.44. The molecule has 0 aliphatic heterocycles. The number of hydrogen-bond donors (Lipinski definition) is 2. The number of alkyl halides is 2. The van der Waals surface area contributed by atoms with Crippen LogP contribution >= 0.6 is 31.9 Å².